The molecular formula is C15H15FN2O3. The van der Waals surface area contributed by atoms with E-state index in [-0.39, 0.29) is 37.0 Å². The summed E-state index contributed by atoms with van der Waals surface area (Å²) in [7, 11) is 0. The Hall–Kier alpha value is -2.39. The van der Waals surface area contributed by atoms with Gasteiger partial charge in [-0.1, -0.05) is 11.8 Å². The van der Waals surface area contributed by atoms with Crippen LogP contribution in [0.3, 0.4) is 0 Å². The smallest absolute Gasteiger partial charge is 0.255 e. The first kappa shape index (κ1) is 15.0. The van der Waals surface area contributed by atoms with Crippen molar-refractivity contribution in [3.05, 3.63) is 35.1 Å². The third-order valence-electron chi connectivity index (χ3n) is 3.11. The van der Waals surface area contributed by atoms with Gasteiger partial charge >= 0.3 is 0 Å². The molecule has 1 heterocycles. The summed E-state index contributed by atoms with van der Waals surface area (Å²) in [6.07, 6.45) is 0.221. The standard InChI is InChI=1S/C15H15FN2O3/c16-12-4-3-11(2-1-9-19)13(10-12)15(21)18-7-5-14(20)17-6-8-18/h3-4,10,19H,5-9H2,(H,17,20). The van der Waals surface area contributed by atoms with Crippen LogP contribution in [0.15, 0.2) is 18.2 Å². The Labute approximate surface area is 121 Å². The molecule has 0 aliphatic carbocycles. The highest BCUT2D eigenvalue weighted by atomic mass is 19.1. The van der Waals surface area contributed by atoms with Gasteiger partial charge in [0.25, 0.3) is 5.91 Å². The fourth-order valence-electron chi connectivity index (χ4n) is 2.08. The normalized spacial score (nSPS) is 14.8. The Balaban J connectivity index is 2.29. The Morgan fingerprint density at radius 3 is 3.00 bits per heavy atom. The van der Waals surface area contributed by atoms with E-state index in [4.69, 9.17) is 5.11 Å². The molecule has 2 amide bonds. The lowest BCUT2D eigenvalue weighted by Gasteiger charge is -2.20. The number of hydrogen-bond acceptors (Lipinski definition) is 3. The summed E-state index contributed by atoms with van der Waals surface area (Å²) in [5.41, 5.74) is 0.504. The Morgan fingerprint density at radius 2 is 2.24 bits per heavy atom. The maximum absolute atomic E-state index is 13.4. The van der Waals surface area contributed by atoms with Crippen molar-refractivity contribution in [2.45, 2.75) is 6.42 Å². The molecule has 110 valence electrons. The van der Waals surface area contributed by atoms with E-state index in [1.807, 2.05) is 0 Å². The minimum atomic E-state index is -0.531. The number of benzene rings is 1. The second kappa shape index (κ2) is 6.86. The minimum absolute atomic E-state index is 0.107. The summed E-state index contributed by atoms with van der Waals surface area (Å²) in [6, 6.07) is 3.75. The molecule has 2 rings (SSSR count). The Morgan fingerprint density at radius 1 is 1.43 bits per heavy atom. The lowest BCUT2D eigenvalue weighted by Crippen LogP contribution is -2.34. The molecular weight excluding hydrogens is 275 g/mol. The quantitative estimate of drug-likeness (QED) is 0.722. The lowest BCUT2D eigenvalue weighted by molar-refractivity contribution is -0.120. The summed E-state index contributed by atoms with van der Waals surface area (Å²) in [4.78, 5) is 25.3. The van der Waals surface area contributed by atoms with Crippen LogP contribution in [-0.2, 0) is 4.79 Å². The molecule has 6 heteroatoms. The molecule has 0 spiro atoms. The third-order valence-corrected chi connectivity index (χ3v) is 3.11. The second-order valence-electron chi connectivity index (χ2n) is 4.54. The highest BCUT2D eigenvalue weighted by molar-refractivity contribution is 5.97. The number of hydrogen-bond donors (Lipinski definition) is 2. The summed E-state index contributed by atoms with van der Waals surface area (Å²) in [5, 5.41) is 11.4. The first-order valence-electron chi connectivity index (χ1n) is 6.57. The average Bonchev–Trinajstić information content (AvgIpc) is 2.70. The summed E-state index contributed by atoms with van der Waals surface area (Å²) < 4.78 is 13.4. The highest BCUT2D eigenvalue weighted by Gasteiger charge is 2.22. The Kier molecular flexibility index (Phi) is 4.90. The van der Waals surface area contributed by atoms with Crippen LogP contribution >= 0.6 is 0 Å². The summed E-state index contributed by atoms with van der Waals surface area (Å²) in [6.45, 7) is 0.687. The highest BCUT2D eigenvalue weighted by Crippen LogP contribution is 2.14. The van der Waals surface area contributed by atoms with E-state index in [2.05, 4.69) is 17.2 Å². The van der Waals surface area contributed by atoms with Crippen molar-refractivity contribution in [1.82, 2.24) is 10.2 Å². The minimum Gasteiger partial charge on any atom is -0.384 e. The van der Waals surface area contributed by atoms with Gasteiger partial charge in [-0.15, -0.1) is 0 Å². The fraction of sp³-hybridized carbons (Fsp3) is 0.333. The predicted octanol–water partition coefficient (Wildman–Crippen LogP) is 0.132. The first-order chi connectivity index (χ1) is 10.1. The number of carbonyl (C=O) groups excluding carboxylic acids is 2. The van der Waals surface area contributed by atoms with E-state index in [1.54, 1.807) is 0 Å². The van der Waals surface area contributed by atoms with Crippen LogP contribution in [0.25, 0.3) is 0 Å². The van der Waals surface area contributed by atoms with E-state index >= 15 is 0 Å². The van der Waals surface area contributed by atoms with Crippen LogP contribution < -0.4 is 5.32 Å². The molecule has 2 N–H and O–H groups in total. The molecule has 0 radical (unpaired) electrons. The van der Waals surface area contributed by atoms with Crippen molar-refractivity contribution in [3.63, 3.8) is 0 Å². The molecule has 0 bridgehead atoms. The van der Waals surface area contributed by atoms with Crippen LogP contribution in [0.2, 0.25) is 0 Å². The molecule has 1 saturated heterocycles. The molecule has 0 aromatic heterocycles. The first-order valence-corrected chi connectivity index (χ1v) is 6.57. The predicted molar refractivity (Wildman–Crippen MR) is 73.9 cm³/mol. The average molecular weight is 290 g/mol. The van der Waals surface area contributed by atoms with E-state index in [0.29, 0.717) is 18.7 Å². The van der Waals surface area contributed by atoms with Crippen molar-refractivity contribution in [2.24, 2.45) is 0 Å². The number of nitrogens with one attached hydrogen (secondary N) is 1. The van der Waals surface area contributed by atoms with Gasteiger partial charge in [0.05, 0.1) is 5.56 Å². The molecule has 1 aromatic rings. The maximum atomic E-state index is 13.4. The topological polar surface area (TPSA) is 69.6 Å². The van der Waals surface area contributed by atoms with Gasteiger partial charge in [0.2, 0.25) is 5.91 Å². The Bertz CT molecular complexity index is 619. The van der Waals surface area contributed by atoms with Gasteiger partial charge in [-0.05, 0) is 18.2 Å². The molecule has 5 nitrogen and oxygen atoms in total. The monoisotopic (exact) mass is 290 g/mol. The number of aliphatic hydroxyl groups is 1. The molecule has 0 unspecified atom stereocenters. The molecule has 1 aliphatic heterocycles. The van der Waals surface area contributed by atoms with Crippen LogP contribution in [0.5, 0.6) is 0 Å². The van der Waals surface area contributed by atoms with Crippen LogP contribution in [0, 0.1) is 17.7 Å². The van der Waals surface area contributed by atoms with Crippen molar-refractivity contribution in [2.75, 3.05) is 26.2 Å². The van der Waals surface area contributed by atoms with Crippen LogP contribution in [-0.4, -0.2) is 48.1 Å². The van der Waals surface area contributed by atoms with E-state index in [9.17, 15) is 14.0 Å². The number of aliphatic hydroxyl groups excluding tert-OH is 1. The largest absolute Gasteiger partial charge is 0.384 e. The second-order valence-corrected chi connectivity index (χ2v) is 4.54. The van der Waals surface area contributed by atoms with Gasteiger partial charge < -0.3 is 15.3 Å². The third kappa shape index (κ3) is 3.80. The number of halogens is 1. The number of nitrogens with zero attached hydrogens (tertiary/aromatic N) is 1. The van der Waals surface area contributed by atoms with Gasteiger partial charge in [0.1, 0.15) is 12.4 Å². The summed E-state index contributed by atoms with van der Waals surface area (Å²) in [5.74, 6) is 4.08. The number of amides is 2. The van der Waals surface area contributed by atoms with Crippen molar-refractivity contribution in [3.8, 4) is 11.8 Å². The van der Waals surface area contributed by atoms with Crippen LogP contribution in [0.1, 0.15) is 22.3 Å². The molecule has 0 saturated carbocycles. The zero-order valence-electron chi connectivity index (χ0n) is 11.4. The molecule has 1 fully saturated rings. The number of carbonyl (C=O) groups is 2. The van der Waals surface area contributed by atoms with Crippen molar-refractivity contribution >= 4 is 11.8 Å². The van der Waals surface area contributed by atoms with Gasteiger partial charge in [-0.2, -0.15) is 0 Å². The van der Waals surface area contributed by atoms with Gasteiger partial charge in [0, 0.05) is 31.6 Å². The maximum Gasteiger partial charge on any atom is 0.255 e. The molecule has 1 aliphatic rings. The zero-order valence-corrected chi connectivity index (χ0v) is 11.4. The summed E-state index contributed by atoms with van der Waals surface area (Å²) >= 11 is 0. The van der Waals surface area contributed by atoms with E-state index in [1.165, 1.54) is 17.0 Å². The lowest BCUT2D eigenvalue weighted by atomic mass is 10.1. The van der Waals surface area contributed by atoms with Crippen molar-refractivity contribution in [1.29, 1.82) is 0 Å². The molecule has 0 atom stereocenters. The van der Waals surface area contributed by atoms with Gasteiger partial charge in [0.15, 0.2) is 0 Å². The van der Waals surface area contributed by atoms with E-state index in [0.717, 1.165) is 6.07 Å². The SMILES string of the molecule is O=C1CCN(C(=O)c2cc(F)ccc2C#CCO)CCN1. The molecule has 1 aromatic carbocycles. The van der Waals surface area contributed by atoms with Crippen molar-refractivity contribution < 1.29 is 19.1 Å². The van der Waals surface area contributed by atoms with Crippen LogP contribution in [0.4, 0.5) is 4.39 Å². The molecule has 21 heavy (non-hydrogen) atoms. The van der Waals surface area contributed by atoms with Gasteiger partial charge in [-0.25, -0.2) is 4.39 Å². The number of rotatable bonds is 1. The zero-order chi connectivity index (χ0) is 15.2. The van der Waals surface area contributed by atoms with Gasteiger partial charge in [-0.3, -0.25) is 9.59 Å². The van der Waals surface area contributed by atoms with E-state index < -0.39 is 5.82 Å². The fourth-order valence-corrected chi connectivity index (χ4v) is 2.08.